The number of nitrogens with zero attached hydrogens (tertiary/aromatic N) is 2. The first-order chi connectivity index (χ1) is 12.3. The van der Waals surface area contributed by atoms with Crippen molar-refractivity contribution < 1.29 is 9.59 Å². The number of amides is 2. The molecule has 1 heterocycles. The second-order valence-electron chi connectivity index (χ2n) is 6.60. The molecule has 0 fully saturated rings. The van der Waals surface area contributed by atoms with Gasteiger partial charge in [0.1, 0.15) is 0 Å². The second-order valence-corrected chi connectivity index (χ2v) is 6.60. The van der Waals surface area contributed by atoms with Gasteiger partial charge in [0.2, 0.25) is 11.8 Å². The zero-order chi connectivity index (χ0) is 19.3. The maximum atomic E-state index is 12.0. The molecule has 0 bridgehead atoms. The van der Waals surface area contributed by atoms with Gasteiger partial charge in [-0.05, 0) is 37.6 Å². The van der Waals surface area contributed by atoms with Gasteiger partial charge in [0.25, 0.3) is 0 Å². The van der Waals surface area contributed by atoms with Crippen molar-refractivity contribution in [2.75, 3.05) is 5.32 Å². The number of hydrogen-bond donors (Lipinski definition) is 2. The minimum absolute atomic E-state index is 0.0165. The van der Waals surface area contributed by atoms with E-state index in [1.807, 2.05) is 59.0 Å². The van der Waals surface area contributed by atoms with Gasteiger partial charge >= 0.3 is 0 Å². The van der Waals surface area contributed by atoms with Gasteiger partial charge in [0.05, 0.1) is 5.69 Å². The van der Waals surface area contributed by atoms with Crippen molar-refractivity contribution in [1.29, 1.82) is 0 Å². The van der Waals surface area contributed by atoms with E-state index >= 15 is 0 Å². The van der Waals surface area contributed by atoms with Gasteiger partial charge in [-0.3, -0.25) is 14.3 Å². The number of anilines is 1. The van der Waals surface area contributed by atoms with Crippen LogP contribution in [0, 0.1) is 19.8 Å². The first-order valence-electron chi connectivity index (χ1n) is 8.64. The zero-order valence-corrected chi connectivity index (χ0v) is 16.0. The van der Waals surface area contributed by atoms with Gasteiger partial charge in [0.15, 0.2) is 0 Å². The maximum absolute atomic E-state index is 12.0. The van der Waals surface area contributed by atoms with Crippen LogP contribution in [0.15, 0.2) is 30.3 Å². The highest BCUT2D eigenvalue weighted by molar-refractivity contribution is 5.92. The standard InChI is InChI=1S/C20H26N4O2/c1-13(2)20(26)22-17-8-6-16(7-9-17)12-21-19(25)11-10-18-14(3)23-24(5)15(18)4/h6-11,13H,12H2,1-5H3,(H,21,25)(H,22,26)/b11-10+. The maximum Gasteiger partial charge on any atom is 0.244 e. The third-order valence-corrected chi connectivity index (χ3v) is 4.18. The molecule has 0 saturated heterocycles. The molecule has 2 aromatic rings. The van der Waals surface area contributed by atoms with Gasteiger partial charge in [-0.15, -0.1) is 0 Å². The predicted octanol–water partition coefficient (Wildman–Crippen LogP) is 2.96. The first kappa shape index (κ1) is 19.4. The Morgan fingerprint density at radius 1 is 1.19 bits per heavy atom. The molecule has 2 amide bonds. The third kappa shape index (κ3) is 5.05. The lowest BCUT2D eigenvalue weighted by Crippen LogP contribution is -2.20. The second kappa shape index (κ2) is 8.47. The van der Waals surface area contributed by atoms with Crippen LogP contribution in [0.5, 0.6) is 0 Å². The molecule has 6 heteroatoms. The molecule has 0 spiro atoms. The molecule has 0 radical (unpaired) electrons. The molecule has 0 unspecified atom stereocenters. The van der Waals surface area contributed by atoms with Crippen molar-refractivity contribution in [3.63, 3.8) is 0 Å². The lowest BCUT2D eigenvalue weighted by molar-refractivity contribution is -0.119. The Labute approximate surface area is 154 Å². The van der Waals surface area contributed by atoms with Crippen molar-refractivity contribution in [2.24, 2.45) is 13.0 Å². The topological polar surface area (TPSA) is 76.0 Å². The predicted molar refractivity (Wildman–Crippen MR) is 103 cm³/mol. The molecule has 26 heavy (non-hydrogen) atoms. The number of benzene rings is 1. The summed E-state index contributed by atoms with van der Waals surface area (Å²) < 4.78 is 1.80. The van der Waals surface area contributed by atoms with Gasteiger partial charge in [-0.2, -0.15) is 5.10 Å². The summed E-state index contributed by atoms with van der Waals surface area (Å²) >= 11 is 0. The minimum Gasteiger partial charge on any atom is -0.348 e. The normalized spacial score (nSPS) is 11.2. The van der Waals surface area contributed by atoms with Gasteiger partial charge in [-0.25, -0.2) is 0 Å². The quantitative estimate of drug-likeness (QED) is 0.783. The van der Waals surface area contributed by atoms with Crippen LogP contribution in [-0.2, 0) is 23.2 Å². The lowest BCUT2D eigenvalue weighted by Gasteiger charge is -2.08. The highest BCUT2D eigenvalue weighted by Gasteiger charge is 2.08. The largest absolute Gasteiger partial charge is 0.348 e. The fraction of sp³-hybridized carbons (Fsp3) is 0.350. The summed E-state index contributed by atoms with van der Waals surface area (Å²) in [4.78, 5) is 23.7. The van der Waals surface area contributed by atoms with Crippen molar-refractivity contribution in [3.05, 3.63) is 52.9 Å². The van der Waals surface area contributed by atoms with Crippen LogP contribution in [0.4, 0.5) is 5.69 Å². The first-order valence-corrected chi connectivity index (χ1v) is 8.64. The Hall–Kier alpha value is -2.89. The monoisotopic (exact) mass is 354 g/mol. The van der Waals surface area contributed by atoms with E-state index in [1.165, 1.54) is 6.08 Å². The van der Waals surface area contributed by atoms with E-state index in [2.05, 4.69) is 15.7 Å². The zero-order valence-electron chi connectivity index (χ0n) is 16.0. The number of aryl methyl sites for hydroxylation is 2. The Morgan fingerprint density at radius 2 is 1.85 bits per heavy atom. The van der Waals surface area contributed by atoms with Crippen molar-refractivity contribution in [3.8, 4) is 0 Å². The number of aromatic nitrogens is 2. The molecule has 0 atom stereocenters. The number of carbonyl (C=O) groups excluding carboxylic acids is 2. The Kier molecular flexibility index (Phi) is 6.33. The van der Waals surface area contributed by atoms with E-state index in [0.29, 0.717) is 6.54 Å². The Balaban J connectivity index is 1.89. The van der Waals surface area contributed by atoms with Gasteiger partial charge < -0.3 is 10.6 Å². The summed E-state index contributed by atoms with van der Waals surface area (Å²) in [6, 6.07) is 7.44. The third-order valence-electron chi connectivity index (χ3n) is 4.18. The van der Waals surface area contributed by atoms with E-state index in [9.17, 15) is 9.59 Å². The lowest BCUT2D eigenvalue weighted by atomic mass is 10.1. The smallest absolute Gasteiger partial charge is 0.244 e. The number of rotatable bonds is 6. The molecule has 6 nitrogen and oxygen atoms in total. The van der Waals surface area contributed by atoms with Gasteiger partial charge in [-0.1, -0.05) is 26.0 Å². The molecule has 0 aliphatic carbocycles. The summed E-state index contributed by atoms with van der Waals surface area (Å²) in [5.74, 6) is -0.241. The van der Waals surface area contributed by atoms with E-state index in [4.69, 9.17) is 0 Å². The highest BCUT2D eigenvalue weighted by atomic mass is 16.2. The van der Waals surface area contributed by atoms with Crippen LogP contribution in [0.2, 0.25) is 0 Å². The SMILES string of the molecule is Cc1nn(C)c(C)c1/C=C/C(=O)NCc1ccc(NC(=O)C(C)C)cc1. The average molecular weight is 354 g/mol. The van der Waals surface area contributed by atoms with Gasteiger partial charge in [0, 0.05) is 42.5 Å². The fourth-order valence-corrected chi connectivity index (χ4v) is 2.43. The van der Waals surface area contributed by atoms with Crippen molar-refractivity contribution in [1.82, 2.24) is 15.1 Å². The molecule has 0 aliphatic heterocycles. The molecule has 0 aliphatic rings. The minimum atomic E-state index is -0.162. The Bertz CT molecular complexity index is 817. The van der Waals surface area contributed by atoms with Crippen LogP contribution in [0.25, 0.3) is 6.08 Å². The van der Waals surface area contributed by atoms with E-state index < -0.39 is 0 Å². The molecule has 0 saturated carbocycles. The van der Waals surface area contributed by atoms with Crippen LogP contribution in [0.3, 0.4) is 0 Å². The molecule has 2 N–H and O–H groups in total. The summed E-state index contributed by atoms with van der Waals surface area (Å²) in [5.41, 5.74) is 4.59. The molecular weight excluding hydrogens is 328 g/mol. The van der Waals surface area contributed by atoms with E-state index in [-0.39, 0.29) is 17.7 Å². The summed E-state index contributed by atoms with van der Waals surface area (Å²) in [6.45, 7) is 8.01. The highest BCUT2D eigenvalue weighted by Crippen LogP contribution is 2.14. The Morgan fingerprint density at radius 3 is 2.38 bits per heavy atom. The van der Waals surface area contributed by atoms with E-state index in [0.717, 1.165) is 28.2 Å². The number of hydrogen-bond acceptors (Lipinski definition) is 3. The average Bonchev–Trinajstić information content (AvgIpc) is 2.84. The molecule has 1 aromatic heterocycles. The molecule has 138 valence electrons. The van der Waals surface area contributed by atoms with Crippen molar-refractivity contribution >= 4 is 23.6 Å². The van der Waals surface area contributed by atoms with E-state index in [1.54, 1.807) is 10.8 Å². The molecular formula is C20H26N4O2. The molecule has 2 rings (SSSR count). The fourth-order valence-electron chi connectivity index (χ4n) is 2.43. The molecule has 1 aromatic carbocycles. The number of carbonyl (C=O) groups is 2. The van der Waals surface area contributed by atoms with Crippen LogP contribution in [0.1, 0.15) is 36.4 Å². The van der Waals surface area contributed by atoms with Crippen LogP contribution < -0.4 is 10.6 Å². The summed E-state index contributed by atoms with van der Waals surface area (Å²) in [7, 11) is 1.88. The van der Waals surface area contributed by atoms with Crippen LogP contribution in [-0.4, -0.2) is 21.6 Å². The van der Waals surface area contributed by atoms with Crippen molar-refractivity contribution in [2.45, 2.75) is 34.2 Å². The van der Waals surface area contributed by atoms with Crippen LogP contribution >= 0.6 is 0 Å². The number of nitrogens with one attached hydrogen (secondary N) is 2. The summed E-state index contributed by atoms with van der Waals surface area (Å²) in [5, 5.41) is 10.0. The summed E-state index contributed by atoms with van der Waals surface area (Å²) in [6.07, 6.45) is 3.31.